The summed E-state index contributed by atoms with van der Waals surface area (Å²) in [6.45, 7) is 11.2. The predicted octanol–water partition coefficient (Wildman–Crippen LogP) is 17.5. The van der Waals surface area contributed by atoms with Crippen LogP contribution in [0.5, 0.6) is 0 Å². The second-order valence-electron chi connectivity index (χ2n) is 25.7. The van der Waals surface area contributed by atoms with Gasteiger partial charge in [0.25, 0.3) is 0 Å². The Morgan fingerprint density at radius 1 is 0.253 bits per heavy atom. The zero-order valence-electron chi connectivity index (χ0n) is 53.8. The van der Waals surface area contributed by atoms with E-state index in [-0.39, 0.29) is 32.6 Å². The summed E-state index contributed by atoms with van der Waals surface area (Å²) in [7, 11) is -0.815. The fraction of sp³-hybridized carbons (Fsp3) is 0.133. The fourth-order valence-electron chi connectivity index (χ4n) is 13.7. The predicted molar refractivity (Wildman–Crippen MR) is 394 cm³/mol. The van der Waals surface area contributed by atoms with E-state index in [1.165, 1.54) is 116 Å². The molecule has 12 aromatic carbocycles. The first-order valence-electron chi connectivity index (χ1n) is 33.0. The molecule has 3 aliphatic rings. The van der Waals surface area contributed by atoms with Gasteiger partial charge in [0.05, 0.1) is 57.5 Å². The Labute approximate surface area is 555 Å². The summed E-state index contributed by atoms with van der Waals surface area (Å²) in [5, 5.41) is 7.58. The Kier molecular flexibility index (Phi) is 16.0. The summed E-state index contributed by atoms with van der Waals surface area (Å²) in [4.78, 5) is 0. The van der Waals surface area contributed by atoms with Gasteiger partial charge in [-0.05, 0) is 175 Å². The monoisotopic (exact) mass is 1240 g/mol. The third-order valence-corrected chi connectivity index (χ3v) is 19.3. The Hall–Kier alpha value is -10.0. The van der Waals surface area contributed by atoms with Gasteiger partial charge in [0.15, 0.2) is 0 Å². The van der Waals surface area contributed by atoms with Gasteiger partial charge in [-0.15, -0.1) is 0 Å². The second kappa shape index (κ2) is 25.4. The van der Waals surface area contributed by atoms with Crippen LogP contribution in [0.15, 0.2) is 291 Å². The summed E-state index contributed by atoms with van der Waals surface area (Å²) >= 11 is 0. The van der Waals surface area contributed by atoms with Gasteiger partial charge in [0.1, 0.15) is 0 Å². The maximum absolute atomic E-state index is 6.22. The highest BCUT2D eigenvalue weighted by Crippen LogP contribution is 2.40. The highest BCUT2D eigenvalue weighted by atomic mass is 16.7. The molecule has 12 heteroatoms. The van der Waals surface area contributed by atoms with Crippen molar-refractivity contribution in [1.29, 1.82) is 0 Å². The molecule has 0 N–H and O–H groups in total. The SMILES string of the molecule is CC1(C)OB(c2ccc(-c3ccc4c(c3)c3ccccc3n4-c3ccccc3)cc2)OC1(C)C.c1ccc(-n2c3ccccc3c3cc(-c4ccc(B5OCCCO5)cc4)ccc32)cc1.c1ccc(-n2c3ccccc3c3cc(-c4ccc(B5OCCO5)cc4)ccc32)cc1. The van der Waals surface area contributed by atoms with Crippen LogP contribution >= 0.6 is 0 Å². The average molecular weight is 1240 g/mol. The van der Waals surface area contributed by atoms with Gasteiger partial charge < -0.3 is 41.6 Å². The minimum absolute atomic E-state index is 0.231. The number of benzene rings is 12. The van der Waals surface area contributed by atoms with Crippen molar-refractivity contribution in [3.63, 3.8) is 0 Å². The summed E-state index contributed by atoms with van der Waals surface area (Å²) in [6, 6.07) is 103. The number of hydrogen-bond donors (Lipinski definition) is 0. The molecule has 6 heterocycles. The molecule has 9 nitrogen and oxygen atoms in total. The molecule has 0 atom stereocenters. The van der Waals surface area contributed by atoms with Crippen molar-refractivity contribution in [1.82, 2.24) is 13.7 Å². The van der Waals surface area contributed by atoms with Crippen molar-refractivity contribution < 1.29 is 27.9 Å². The highest BCUT2D eigenvalue weighted by Gasteiger charge is 2.51. The van der Waals surface area contributed by atoms with Gasteiger partial charge in [-0.25, -0.2) is 0 Å². The first kappa shape index (κ1) is 60.0. The van der Waals surface area contributed by atoms with Crippen molar-refractivity contribution in [3.05, 3.63) is 291 Å². The molecular weight excluding hydrogens is 1170 g/mol. The molecule has 0 unspecified atom stereocenters. The van der Waals surface area contributed by atoms with E-state index in [2.05, 4.69) is 333 Å². The van der Waals surface area contributed by atoms with Crippen LogP contribution in [-0.2, 0) is 27.9 Å². The number of aromatic nitrogens is 3. The maximum atomic E-state index is 6.22. The summed E-state index contributed by atoms with van der Waals surface area (Å²) in [5.41, 5.74) is 20.5. The first-order valence-corrected chi connectivity index (χ1v) is 33.0. The van der Waals surface area contributed by atoms with Crippen LogP contribution in [0.4, 0.5) is 0 Å². The lowest BCUT2D eigenvalue weighted by atomic mass is 9.77. The number of nitrogens with zero attached hydrogens (tertiary/aromatic N) is 3. The topological polar surface area (TPSA) is 70.2 Å². The van der Waals surface area contributed by atoms with Crippen LogP contribution in [-0.4, -0.2) is 72.7 Å². The van der Waals surface area contributed by atoms with E-state index < -0.39 is 0 Å². The smallest absolute Gasteiger partial charge is 0.407 e. The third kappa shape index (κ3) is 11.5. The molecule has 18 rings (SSSR count). The third-order valence-electron chi connectivity index (χ3n) is 19.3. The first-order chi connectivity index (χ1) is 46.6. The molecule has 0 saturated carbocycles. The van der Waals surface area contributed by atoms with Crippen molar-refractivity contribution in [3.8, 4) is 50.4 Å². The minimum atomic E-state index is -0.342. The molecule has 0 spiro atoms. The Balaban J connectivity index is 0.000000113. The molecule has 0 radical (unpaired) electrons. The normalized spacial score (nSPS) is 15.2. The Morgan fingerprint density at radius 2 is 0.516 bits per heavy atom. The summed E-state index contributed by atoms with van der Waals surface area (Å²) < 4.78 is 42.2. The largest absolute Gasteiger partial charge is 0.494 e. The number of rotatable bonds is 9. The van der Waals surface area contributed by atoms with Crippen molar-refractivity contribution in [2.45, 2.75) is 45.3 Å². The molecule has 3 fully saturated rings. The van der Waals surface area contributed by atoms with Crippen LogP contribution in [0.1, 0.15) is 34.1 Å². The summed E-state index contributed by atoms with van der Waals surface area (Å²) in [6.07, 6.45) is 0.963. The molecule has 0 bridgehead atoms. The van der Waals surface area contributed by atoms with Crippen LogP contribution in [0.2, 0.25) is 0 Å². The zero-order chi connectivity index (χ0) is 64.0. The highest BCUT2D eigenvalue weighted by molar-refractivity contribution is 6.62. The Morgan fingerprint density at radius 3 is 0.842 bits per heavy atom. The van der Waals surface area contributed by atoms with Crippen molar-refractivity contribution in [2.24, 2.45) is 0 Å². The standard InChI is InChI=1S/C30H28BNO2.C27H22BNO2.C26H20BNO2/c1-29(2)30(3,4)34-31(33-29)23-17-14-21(15-18-23)22-16-19-28-26(20-22)25-12-8-9-13-27(25)32(28)24-10-6-5-7-11-24;1-2-7-23(8-3-1)29-26-10-5-4-9-24(26)25-19-21(13-16-27(25)29)20-11-14-22(15-12-20)28-30-17-6-18-31-28;1-2-6-22(7-3-1)28-25-9-5-4-8-23(25)24-18-20(12-15-26(24)28)19-10-13-21(14-11-19)27-29-16-17-30-27/h5-20H,1-4H3;1-5,7-16,19H,6,17-18H2;1-15,18H,16-17H2. The van der Waals surface area contributed by atoms with Crippen LogP contribution in [0.25, 0.3) is 116 Å². The maximum Gasteiger partial charge on any atom is 0.494 e. The van der Waals surface area contributed by atoms with E-state index >= 15 is 0 Å². The van der Waals surface area contributed by atoms with Gasteiger partial charge in [-0.2, -0.15) is 0 Å². The Bertz CT molecular complexity index is 5220. The van der Waals surface area contributed by atoms with Crippen LogP contribution in [0, 0.1) is 0 Å². The zero-order valence-corrected chi connectivity index (χ0v) is 53.8. The molecule has 3 aliphatic heterocycles. The molecule has 3 aromatic heterocycles. The van der Waals surface area contributed by atoms with Gasteiger partial charge in [-0.3, -0.25) is 0 Å². The molecule has 0 aliphatic carbocycles. The molecule has 95 heavy (non-hydrogen) atoms. The van der Waals surface area contributed by atoms with E-state index in [1.807, 2.05) is 0 Å². The molecule has 462 valence electrons. The quantitative estimate of drug-likeness (QED) is 0.134. The van der Waals surface area contributed by atoms with Crippen LogP contribution < -0.4 is 16.4 Å². The number of para-hydroxylation sites is 6. The van der Waals surface area contributed by atoms with E-state index in [4.69, 9.17) is 27.9 Å². The average Bonchev–Trinajstić information content (AvgIpc) is 1.62. The molecule has 0 amide bonds. The van der Waals surface area contributed by atoms with Gasteiger partial charge >= 0.3 is 21.4 Å². The summed E-state index contributed by atoms with van der Waals surface area (Å²) in [5.74, 6) is 0. The molecular formula is C83H70B3N3O6. The van der Waals surface area contributed by atoms with E-state index in [9.17, 15) is 0 Å². The van der Waals surface area contributed by atoms with Gasteiger partial charge in [0.2, 0.25) is 0 Å². The lowest BCUT2D eigenvalue weighted by molar-refractivity contribution is 0.00578. The van der Waals surface area contributed by atoms with E-state index in [1.54, 1.807) is 0 Å². The van der Waals surface area contributed by atoms with Crippen molar-refractivity contribution in [2.75, 3.05) is 26.4 Å². The number of hydrogen-bond acceptors (Lipinski definition) is 6. The fourth-order valence-corrected chi connectivity index (χ4v) is 13.7. The van der Waals surface area contributed by atoms with Gasteiger partial charge in [-0.1, -0.05) is 200 Å². The van der Waals surface area contributed by atoms with Crippen LogP contribution in [0.3, 0.4) is 0 Å². The lowest BCUT2D eigenvalue weighted by Gasteiger charge is -2.32. The molecule has 15 aromatic rings. The second-order valence-corrected chi connectivity index (χ2v) is 25.7. The van der Waals surface area contributed by atoms with Crippen molar-refractivity contribution >= 4 is 103 Å². The van der Waals surface area contributed by atoms with E-state index in [0.717, 1.165) is 36.0 Å². The lowest BCUT2D eigenvalue weighted by Crippen LogP contribution is -2.41. The number of fused-ring (bicyclic) bond motifs is 9. The van der Waals surface area contributed by atoms with Gasteiger partial charge in [0, 0.05) is 62.6 Å². The minimum Gasteiger partial charge on any atom is -0.407 e. The molecule has 3 saturated heterocycles. The van der Waals surface area contributed by atoms with E-state index in [0.29, 0.717) is 13.2 Å².